The molecule has 0 aromatic heterocycles. The lowest BCUT2D eigenvalue weighted by atomic mass is 9.99. The predicted octanol–water partition coefficient (Wildman–Crippen LogP) is 2.03. The van der Waals surface area contributed by atoms with Crippen LogP contribution in [0, 0.1) is 0 Å². The normalized spacial score (nSPS) is 21.0. The maximum absolute atomic E-state index is 12.4. The highest BCUT2D eigenvalue weighted by atomic mass is 32.2. The van der Waals surface area contributed by atoms with Gasteiger partial charge in [-0.1, -0.05) is 0 Å². The van der Waals surface area contributed by atoms with Gasteiger partial charge in [-0.3, -0.25) is 4.18 Å². The summed E-state index contributed by atoms with van der Waals surface area (Å²) < 4.78 is 61.7. The third-order valence-corrected chi connectivity index (χ3v) is 4.63. The van der Waals surface area contributed by atoms with Crippen molar-refractivity contribution in [1.29, 1.82) is 0 Å². The molecule has 0 bridgehead atoms. The van der Waals surface area contributed by atoms with Gasteiger partial charge >= 0.3 is 12.6 Å². The Bertz CT molecular complexity index is 710. The highest BCUT2D eigenvalue weighted by molar-refractivity contribution is 7.86. The summed E-state index contributed by atoms with van der Waals surface area (Å²) in [5.41, 5.74) is 0.986. The standard InChI is InChI=1S/C16H21F2NO6S/c1-23-15(20)11-3-5-12(6-4-11)19-9-14(25-26(2,21)22)8-7-13(19)10-24-16(17)18/h3-6,13-14,16H,7-10H2,1-2H3/t13-,14-/m0/s1. The summed E-state index contributed by atoms with van der Waals surface area (Å²) in [6.07, 6.45) is 1.20. The van der Waals surface area contributed by atoms with Gasteiger partial charge in [0, 0.05) is 12.2 Å². The molecule has 1 heterocycles. The molecule has 1 saturated heterocycles. The molecule has 0 unspecified atom stereocenters. The van der Waals surface area contributed by atoms with Gasteiger partial charge in [0.15, 0.2) is 0 Å². The zero-order valence-corrected chi connectivity index (χ0v) is 15.2. The minimum atomic E-state index is -3.63. The largest absolute Gasteiger partial charge is 0.465 e. The molecule has 7 nitrogen and oxygen atoms in total. The van der Waals surface area contributed by atoms with E-state index in [0.29, 0.717) is 24.1 Å². The van der Waals surface area contributed by atoms with Crippen molar-refractivity contribution in [2.24, 2.45) is 0 Å². The van der Waals surface area contributed by atoms with Crippen molar-refractivity contribution in [3.8, 4) is 0 Å². The zero-order chi connectivity index (χ0) is 19.3. The van der Waals surface area contributed by atoms with Crippen LogP contribution in [-0.2, 0) is 23.8 Å². The number of hydrogen-bond acceptors (Lipinski definition) is 7. The second-order valence-electron chi connectivity index (χ2n) is 5.94. The van der Waals surface area contributed by atoms with E-state index in [2.05, 4.69) is 9.47 Å². The predicted molar refractivity (Wildman–Crippen MR) is 89.8 cm³/mol. The van der Waals surface area contributed by atoms with Gasteiger partial charge in [0.1, 0.15) is 0 Å². The number of methoxy groups -OCH3 is 1. The quantitative estimate of drug-likeness (QED) is 0.518. The monoisotopic (exact) mass is 393 g/mol. The van der Waals surface area contributed by atoms with E-state index in [4.69, 9.17) is 4.18 Å². The Hall–Kier alpha value is -1.78. The SMILES string of the molecule is COC(=O)c1ccc(N2C[C@@H](OS(C)(=O)=O)CC[C@H]2COC(F)F)cc1. The zero-order valence-electron chi connectivity index (χ0n) is 14.4. The van der Waals surface area contributed by atoms with Crippen LogP contribution < -0.4 is 4.90 Å². The number of carbonyl (C=O) groups is 1. The number of piperidine rings is 1. The van der Waals surface area contributed by atoms with E-state index in [-0.39, 0.29) is 19.2 Å². The van der Waals surface area contributed by atoms with Crippen LogP contribution in [-0.4, -0.2) is 59.7 Å². The number of esters is 1. The number of ether oxygens (including phenoxy) is 2. The van der Waals surface area contributed by atoms with E-state index in [1.54, 1.807) is 29.2 Å². The Morgan fingerprint density at radius 1 is 1.27 bits per heavy atom. The maximum Gasteiger partial charge on any atom is 0.345 e. The first-order chi connectivity index (χ1) is 12.2. The molecule has 1 aliphatic rings. The fraction of sp³-hybridized carbons (Fsp3) is 0.562. The van der Waals surface area contributed by atoms with E-state index < -0.39 is 28.8 Å². The Morgan fingerprint density at radius 2 is 1.92 bits per heavy atom. The summed E-state index contributed by atoms with van der Waals surface area (Å²) >= 11 is 0. The van der Waals surface area contributed by atoms with Crippen molar-refractivity contribution in [3.05, 3.63) is 29.8 Å². The van der Waals surface area contributed by atoms with E-state index in [9.17, 15) is 22.0 Å². The molecular weight excluding hydrogens is 372 g/mol. The molecular formula is C16H21F2NO6S. The molecule has 0 aliphatic carbocycles. The molecule has 10 heteroatoms. The van der Waals surface area contributed by atoms with Gasteiger partial charge in [-0.05, 0) is 37.1 Å². The minimum Gasteiger partial charge on any atom is -0.465 e. The van der Waals surface area contributed by atoms with Crippen molar-refractivity contribution in [3.63, 3.8) is 0 Å². The number of rotatable bonds is 7. The van der Waals surface area contributed by atoms with Crippen LogP contribution in [0.4, 0.5) is 14.5 Å². The van der Waals surface area contributed by atoms with Gasteiger partial charge in [0.2, 0.25) is 0 Å². The van der Waals surface area contributed by atoms with Gasteiger partial charge < -0.3 is 14.4 Å². The summed E-state index contributed by atoms with van der Waals surface area (Å²) in [6, 6.07) is 6.02. The number of benzene rings is 1. The molecule has 146 valence electrons. The Kier molecular flexibility index (Phi) is 6.90. The van der Waals surface area contributed by atoms with E-state index >= 15 is 0 Å². The molecule has 0 spiro atoms. The van der Waals surface area contributed by atoms with Gasteiger partial charge in [-0.25, -0.2) is 4.79 Å². The molecule has 1 aromatic carbocycles. The minimum absolute atomic E-state index is 0.196. The maximum atomic E-state index is 12.4. The fourth-order valence-electron chi connectivity index (χ4n) is 2.90. The summed E-state index contributed by atoms with van der Waals surface area (Å²) in [4.78, 5) is 13.3. The highest BCUT2D eigenvalue weighted by Crippen LogP contribution is 2.28. The average Bonchev–Trinajstić information content (AvgIpc) is 2.58. The number of hydrogen-bond donors (Lipinski definition) is 0. The van der Waals surface area contributed by atoms with Crippen molar-refractivity contribution in [1.82, 2.24) is 0 Å². The first-order valence-corrected chi connectivity index (χ1v) is 9.74. The fourth-order valence-corrected chi connectivity index (χ4v) is 3.55. The van der Waals surface area contributed by atoms with Crippen LogP contribution in [0.5, 0.6) is 0 Å². The highest BCUT2D eigenvalue weighted by Gasteiger charge is 2.31. The summed E-state index contributed by atoms with van der Waals surface area (Å²) in [5, 5.41) is 0. The molecule has 2 atom stereocenters. The molecule has 1 aromatic rings. The number of nitrogens with zero attached hydrogens (tertiary/aromatic N) is 1. The summed E-state index contributed by atoms with van der Waals surface area (Å²) in [6.45, 7) is -2.90. The molecule has 26 heavy (non-hydrogen) atoms. The number of halogens is 2. The molecule has 0 N–H and O–H groups in total. The topological polar surface area (TPSA) is 82.1 Å². The van der Waals surface area contributed by atoms with E-state index in [0.717, 1.165) is 6.26 Å². The van der Waals surface area contributed by atoms with Crippen LogP contribution in [0.2, 0.25) is 0 Å². The molecule has 1 aliphatic heterocycles. The number of alkyl halides is 2. The van der Waals surface area contributed by atoms with Gasteiger partial charge in [0.05, 0.1) is 37.7 Å². The van der Waals surface area contributed by atoms with Crippen molar-refractivity contribution < 1.29 is 35.6 Å². The number of carbonyl (C=O) groups excluding carboxylic acids is 1. The van der Waals surface area contributed by atoms with Crippen LogP contribution in [0.1, 0.15) is 23.2 Å². The lowest BCUT2D eigenvalue weighted by molar-refractivity contribution is -0.133. The van der Waals surface area contributed by atoms with Crippen LogP contribution in [0.25, 0.3) is 0 Å². The second kappa shape index (κ2) is 8.74. The molecule has 0 amide bonds. The average molecular weight is 393 g/mol. The Labute approximate surface area is 151 Å². The molecule has 0 saturated carbocycles. The Morgan fingerprint density at radius 3 is 2.46 bits per heavy atom. The number of anilines is 1. The van der Waals surface area contributed by atoms with Crippen molar-refractivity contribution >= 4 is 21.8 Å². The van der Waals surface area contributed by atoms with Gasteiger partial charge in [-0.15, -0.1) is 0 Å². The lowest BCUT2D eigenvalue weighted by Gasteiger charge is -2.40. The van der Waals surface area contributed by atoms with Crippen LogP contribution in [0.15, 0.2) is 24.3 Å². The molecule has 1 fully saturated rings. The van der Waals surface area contributed by atoms with E-state index in [1.807, 2.05) is 0 Å². The summed E-state index contributed by atoms with van der Waals surface area (Å²) in [5.74, 6) is -0.494. The van der Waals surface area contributed by atoms with Crippen LogP contribution in [0.3, 0.4) is 0 Å². The second-order valence-corrected chi connectivity index (χ2v) is 7.54. The van der Waals surface area contributed by atoms with Crippen LogP contribution >= 0.6 is 0 Å². The van der Waals surface area contributed by atoms with Crippen molar-refractivity contribution in [2.45, 2.75) is 31.6 Å². The molecule has 0 radical (unpaired) electrons. The van der Waals surface area contributed by atoms with E-state index in [1.165, 1.54) is 7.11 Å². The smallest absolute Gasteiger partial charge is 0.345 e. The molecule has 2 rings (SSSR count). The third-order valence-electron chi connectivity index (χ3n) is 4.01. The first-order valence-electron chi connectivity index (χ1n) is 7.92. The lowest BCUT2D eigenvalue weighted by Crippen LogP contribution is -2.49. The summed E-state index contributed by atoms with van der Waals surface area (Å²) in [7, 11) is -2.36. The Balaban J connectivity index is 2.19. The van der Waals surface area contributed by atoms with Gasteiger partial charge in [0.25, 0.3) is 10.1 Å². The van der Waals surface area contributed by atoms with Gasteiger partial charge in [-0.2, -0.15) is 17.2 Å². The third kappa shape index (κ3) is 5.89. The van der Waals surface area contributed by atoms with Crippen molar-refractivity contribution in [2.75, 3.05) is 31.4 Å². The first kappa shape index (κ1) is 20.5.